The lowest BCUT2D eigenvalue weighted by molar-refractivity contribution is 0.0726. The van der Waals surface area contributed by atoms with Gasteiger partial charge >= 0.3 is 0 Å². The van der Waals surface area contributed by atoms with Crippen molar-refractivity contribution in [3.63, 3.8) is 0 Å². The largest absolute Gasteiger partial charge is 0.330 e. The second-order valence-corrected chi connectivity index (χ2v) is 8.42. The van der Waals surface area contributed by atoms with Crippen molar-refractivity contribution in [2.45, 2.75) is 23.7 Å². The second-order valence-electron chi connectivity index (χ2n) is 7.40. The lowest BCUT2D eigenvalue weighted by Crippen LogP contribution is -2.30. The zero-order valence-corrected chi connectivity index (χ0v) is 18.2. The summed E-state index contributed by atoms with van der Waals surface area (Å²) in [5, 5.41) is 0. The van der Waals surface area contributed by atoms with Gasteiger partial charge in [-0.25, -0.2) is 0 Å². The predicted molar refractivity (Wildman–Crippen MR) is 129 cm³/mol. The van der Waals surface area contributed by atoms with Gasteiger partial charge in [-0.2, -0.15) is 0 Å². The first kappa shape index (κ1) is 21.0. The molecule has 31 heavy (non-hydrogen) atoms. The van der Waals surface area contributed by atoms with Gasteiger partial charge in [-0.05, 0) is 28.8 Å². The average Bonchev–Trinajstić information content (AvgIpc) is 2.84. The molecule has 0 saturated carbocycles. The minimum atomic E-state index is 0.0591. The van der Waals surface area contributed by atoms with E-state index < -0.39 is 0 Å². The molecule has 0 bridgehead atoms. The number of carbonyl (C=O) groups is 1. The maximum atomic E-state index is 13.7. The van der Waals surface area contributed by atoms with Crippen molar-refractivity contribution >= 4 is 17.7 Å². The van der Waals surface area contributed by atoms with Gasteiger partial charge in [0, 0.05) is 23.7 Å². The minimum Gasteiger partial charge on any atom is -0.330 e. The standard InChI is InChI=1S/C28H25NOS/c30-28(26-18-10-11-19-27(26)31-22-25-16-8-3-9-17-25)29(20-23-12-4-1-5-13-23)21-24-14-6-2-7-15-24/h1-19H,20-22H2. The molecule has 4 rings (SSSR count). The van der Waals surface area contributed by atoms with E-state index in [1.807, 2.05) is 71.6 Å². The molecule has 1 amide bonds. The highest BCUT2D eigenvalue weighted by molar-refractivity contribution is 7.98. The van der Waals surface area contributed by atoms with E-state index in [0.717, 1.165) is 27.3 Å². The van der Waals surface area contributed by atoms with Crippen LogP contribution in [-0.4, -0.2) is 10.8 Å². The Balaban J connectivity index is 1.58. The Bertz CT molecular complexity index is 1060. The number of hydrogen-bond donors (Lipinski definition) is 0. The molecule has 0 aliphatic heterocycles. The van der Waals surface area contributed by atoms with E-state index in [1.54, 1.807) is 11.8 Å². The molecule has 0 aliphatic carbocycles. The molecule has 4 aromatic carbocycles. The monoisotopic (exact) mass is 423 g/mol. The summed E-state index contributed by atoms with van der Waals surface area (Å²) in [6, 6.07) is 38.7. The van der Waals surface area contributed by atoms with Crippen LogP contribution in [-0.2, 0) is 18.8 Å². The van der Waals surface area contributed by atoms with E-state index in [0.29, 0.717) is 13.1 Å². The smallest absolute Gasteiger partial charge is 0.255 e. The van der Waals surface area contributed by atoms with Crippen molar-refractivity contribution in [1.29, 1.82) is 0 Å². The molecule has 0 unspecified atom stereocenters. The van der Waals surface area contributed by atoms with Crippen LogP contribution in [0.2, 0.25) is 0 Å². The van der Waals surface area contributed by atoms with Gasteiger partial charge in [-0.15, -0.1) is 11.8 Å². The highest BCUT2D eigenvalue weighted by atomic mass is 32.2. The molecule has 4 aromatic rings. The molecular weight excluding hydrogens is 398 g/mol. The third kappa shape index (κ3) is 5.87. The van der Waals surface area contributed by atoms with Crippen molar-refractivity contribution in [3.8, 4) is 0 Å². The summed E-state index contributed by atoms with van der Waals surface area (Å²) in [7, 11) is 0. The minimum absolute atomic E-state index is 0.0591. The summed E-state index contributed by atoms with van der Waals surface area (Å²) in [5.74, 6) is 0.895. The average molecular weight is 424 g/mol. The molecule has 0 heterocycles. The predicted octanol–water partition coefficient (Wildman–Crippen LogP) is 6.82. The number of thioether (sulfide) groups is 1. The molecule has 2 nitrogen and oxygen atoms in total. The number of carbonyl (C=O) groups excluding carboxylic acids is 1. The zero-order chi connectivity index (χ0) is 21.3. The number of rotatable bonds is 8. The molecule has 0 atom stereocenters. The first-order valence-corrected chi connectivity index (χ1v) is 11.4. The van der Waals surface area contributed by atoms with Gasteiger partial charge in [0.05, 0.1) is 5.56 Å². The van der Waals surface area contributed by atoms with E-state index in [4.69, 9.17) is 0 Å². The number of benzene rings is 4. The topological polar surface area (TPSA) is 20.3 Å². The second kappa shape index (κ2) is 10.6. The molecule has 0 spiro atoms. The van der Waals surface area contributed by atoms with Gasteiger partial charge in [0.25, 0.3) is 5.91 Å². The fourth-order valence-electron chi connectivity index (χ4n) is 3.48. The summed E-state index contributed by atoms with van der Waals surface area (Å²) in [6.45, 7) is 1.15. The first-order chi connectivity index (χ1) is 15.3. The highest BCUT2D eigenvalue weighted by Crippen LogP contribution is 2.28. The van der Waals surface area contributed by atoms with Crippen LogP contribution >= 0.6 is 11.8 Å². The third-order valence-electron chi connectivity index (χ3n) is 5.07. The zero-order valence-electron chi connectivity index (χ0n) is 17.4. The van der Waals surface area contributed by atoms with Crippen LogP contribution in [0.15, 0.2) is 120 Å². The molecule has 0 radical (unpaired) electrons. The van der Waals surface area contributed by atoms with E-state index in [9.17, 15) is 4.79 Å². The van der Waals surface area contributed by atoms with Crippen LogP contribution in [0.3, 0.4) is 0 Å². The lowest BCUT2D eigenvalue weighted by Gasteiger charge is -2.24. The fourth-order valence-corrected chi connectivity index (χ4v) is 4.48. The van der Waals surface area contributed by atoms with Gasteiger partial charge in [-0.1, -0.05) is 103 Å². The van der Waals surface area contributed by atoms with Gasteiger partial charge in [-0.3, -0.25) is 4.79 Å². The number of hydrogen-bond acceptors (Lipinski definition) is 2. The van der Waals surface area contributed by atoms with Crippen molar-refractivity contribution in [2.75, 3.05) is 0 Å². The highest BCUT2D eigenvalue weighted by Gasteiger charge is 2.20. The van der Waals surface area contributed by atoms with Gasteiger partial charge < -0.3 is 4.90 Å². The van der Waals surface area contributed by atoms with E-state index >= 15 is 0 Å². The first-order valence-electron chi connectivity index (χ1n) is 10.4. The molecule has 154 valence electrons. The summed E-state index contributed by atoms with van der Waals surface area (Å²) >= 11 is 1.71. The molecule has 0 fully saturated rings. The SMILES string of the molecule is O=C(c1ccccc1SCc1ccccc1)N(Cc1ccccc1)Cc1ccccc1. The van der Waals surface area contributed by atoms with Crippen molar-refractivity contribution in [3.05, 3.63) is 138 Å². The van der Waals surface area contributed by atoms with Crippen molar-refractivity contribution in [2.24, 2.45) is 0 Å². The van der Waals surface area contributed by atoms with Gasteiger partial charge in [0.2, 0.25) is 0 Å². The third-order valence-corrected chi connectivity index (χ3v) is 6.22. The van der Waals surface area contributed by atoms with Crippen LogP contribution in [0, 0.1) is 0 Å². The van der Waals surface area contributed by atoms with Crippen LogP contribution in [0.1, 0.15) is 27.0 Å². The normalized spacial score (nSPS) is 10.6. The quantitative estimate of drug-likeness (QED) is 0.290. The molecule has 0 aromatic heterocycles. The maximum Gasteiger partial charge on any atom is 0.255 e. The maximum absolute atomic E-state index is 13.7. The Morgan fingerprint density at radius 1 is 0.581 bits per heavy atom. The Labute approximate surface area is 188 Å². The summed E-state index contributed by atoms with van der Waals surface area (Å²) in [5.41, 5.74) is 4.26. The van der Waals surface area contributed by atoms with E-state index in [2.05, 4.69) is 48.5 Å². The van der Waals surface area contributed by atoms with E-state index in [1.165, 1.54) is 5.56 Å². The Hall–Kier alpha value is -3.30. The van der Waals surface area contributed by atoms with E-state index in [-0.39, 0.29) is 5.91 Å². The number of nitrogens with zero attached hydrogens (tertiary/aromatic N) is 1. The van der Waals surface area contributed by atoms with Crippen LogP contribution in [0.5, 0.6) is 0 Å². The fraction of sp³-hybridized carbons (Fsp3) is 0.107. The Morgan fingerprint density at radius 2 is 1.03 bits per heavy atom. The van der Waals surface area contributed by atoms with Crippen molar-refractivity contribution < 1.29 is 4.79 Å². The molecule has 0 aliphatic rings. The summed E-state index contributed by atoms with van der Waals surface area (Å²) in [4.78, 5) is 16.7. The molecule has 0 N–H and O–H groups in total. The van der Waals surface area contributed by atoms with Gasteiger partial charge in [0.15, 0.2) is 0 Å². The van der Waals surface area contributed by atoms with Crippen molar-refractivity contribution in [1.82, 2.24) is 4.90 Å². The molecule has 3 heteroatoms. The summed E-state index contributed by atoms with van der Waals surface area (Å²) < 4.78 is 0. The lowest BCUT2D eigenvalue weighted by atomic mass is 10.1. The Kier molecular flexibility index (Phi) is 7.20. The summed E-state index contributed by atoms with van der Waals surface area (Å²) in [6.07, 6.45) is 0. The van der Waals surface area contributed by atoms with Crippen LogP contribution in [0.25, 0.3) is 0 Å². The molecular formula is C28H25NOS. The van der Waals surface area contributed by atoms with Crippen LogP contribution in [0.4, 0.5) is 0 Å². The Morgan fingerprint density at radius 3 is 1.58 bits per heavy atom. The van der Waals surface area contributed by atoms with Crippen LogP contribution < -0.4 is 0 Å². The number of amides is 1. The van der Waals surface area contributed by atoms with Gasteiger partial charge in [0.1, 0.15) is 0 Å². The molecule has 0 saturated heterocycles.